The first-order valence-electron chi connectivity index (χ1n) is 9.58. The van der Waals surface area contributed by atoms with Crippen LogP contribution in [-0.2, 0) is 24.5 Å². The predicted molar refractivity (Wildman–Crippen MR) is 102 cm³/mol. The third-order valence-electron chi connectivity index (χ3n) is 4.71. The molecule has 146 valence electrons. The van der Waals surface area contributed by atoms with E-state index in [1.165, 1.54) is 0 Å². The highest BCUT2D eigenvalue weighted by molar-refractivity contribution is 5.20. The second-order valence-electron chi connectivity index (χ2n) is 6.81. The van der Waals surface area contributed by atoms with Crippen LogP contribution in [-0.4, -0.2) is 39.2 Å². The van der Waals surface area contributed by atoms with Gasteiger partial charge in [-0.05, 0) is 37.1 Å². The third-order valence-corrected chi connectivity index (χ3v) is 4.71. The van der Waals surface area contributed by atoms with Crippen LogP contribution in [0.4, 0.5) is 0 Å². The van der Waals surface area contributed by atoms with Crippen LogP contribution in [0.1, 0.15) is 30.3 Å². The molecule has 0 unspecified atom stereocenters. The first-order valence-corrected chi connectivity index (χ1v) is 9.58. The molecule has 28 heavy (non-hydrogen) atoms. The van der Waals surface area contributed by atoms with E-state index in [2.05, 4.69) is 20.0 Å². The van der Waals surface area contributed by atoms with Gasteiger partial charge in [0.2, 0.25) is 11.7 Å². The monoisotopic (exact) mass is 380 g/mol. The standard InChI is InChI=1S/C21H24N4O3/c1-2-7-18(8-3-1)27-16-20-23-21(28-24-20)14-25-12-9-19(10-13-25)26-15-17-6-4-5-11-22-17/h1-8,11,19H,9-10,12-16H2. The van der Waals surface area contributed by atoms with E-state index in [4.69, 9.17) is 14.0 Å². The summed E-state index contributed by atoms with van der Waals surface area (Å²) >= 11 is 0. The van der Waals surface area contributed by atoms with Gasteiger partial charge < -0.3 is 14.0 Å². The van der Waals surface area contributed by atoms with Crippen LogP contribution in [0.5, 0.6) is 5.75 Å². The lowest BCUT2D eigenvalue weighted by molar-refractivity contribution is -0.00681. The van der Waals surface area contributed by atoms with Gasteiger partial charge in [0, 0.05) is 19.3 Å². The van der Waals surface area contributed by atoms with Gasteiger partial charge in [0.25, 0.3) is 0 Å². The van der Waals surface area contributed by atoms with Gasteiger partial charge in [-0.1, -0.05) is 29.4 Å². The van der Waals surface area contributed by atoms with Crippen LogP contribution in [0.3, 0.4) is 0 Å². The summed E-state index contributed by atoms with van der Waals surface area (Å²) in [5, 5.41) is 4.01. The van der Waals surface area contributed by atoms with Crippen LogP contribution < -0.4 is 4.74 Å². The van der Waals surface area contributed by atoms with Gasteiger partial charge in [-0.25, -0.2) is 0 Å². The molecule has 0 spiro atoms. The Morgan fingerprint density at radius 3 is 2.61 bits per heavy atom. The number of para-hydroxylation sites is 1. The molecule has 0 bridgehead atoms. The number of benzene rings is 1. The van der Waals surface area contributed by atoms with Crippen molar-refractivity contribution in [3.63, 3.8) is 0 Å². The molecule has 0 N–H and O–H groups in total. The number of likely N-dealkylation sites (tertiary alicyclic amines) is 1. The van der Waals surface area contributed by atoms with E-state index >= 15 is 0 Å². The molecule has 4 rings (SSSR count). The van der Waals surface area contributed by atoms with Crippen molar-refractivity contribution in [2.45, 2.75) is 38.7 Å². The van der Waals surface area contributed by atoms with Gasteiger partial charge >= 0.3 is 0 Å². The Hall–Kier alpha value is -2.77. The summed E-state index contributed by atoms with van der Waals surface area (Å²) < 4.78 is 17.0. The Morgan fingerprint density at radius 2 is 1.82 bits per heavy atom. The highest BCUT2D eigenvalue weighted by atomic mass is 16.5. The van der Waals surface area contributed by atoms with Crippen LogP contribution in [0.25, 0.3) is 0 Å². The van der Waals surface area contributed by atoms with Crippen molar-refractivity contribution in [3.8, 4) is 5.75 Å². The number of ether oxygens (including phenoxy) is 2. The fourth-order valence-electron chi connectivity index (χ4n) is 3.19. The zero-order chi connectivity index (χ0) is 19.0. The van der Waals surface area contributed by atoms with Gasteiger partial charge in [0.1, 0.15) is 5.75 Å². The van der Waals surface area contributed by atoms with Crippen molar-refractivity contribution in [2.24, 2.45) is 0 Å². The number of hydrogen-bond donors (Lipinski definition) is 0. The number of pyridine rings is 1. The maximum absolute atomic E-state index is 5.99. The zero-order valence-electron chi connectivity index (χ0n) is 15.7. The van der Waals surface area contributed by atoms with Crippen LogP contribution in [0.15, 0.2) is 59.3 Å². The molecule has 0 saturated carbocycles. The highest BCUT2D eigenvalue weighted by Gasteiger charge is 2.21. The van der Waals surface area contributed by atoms with E-state index in [0.29, 0.717) is 31.5 Å². The molecule has 1 aromatic carbocycles. The van der Waals surface area contributed by atoms with Crippen molar-refractivity contribution >= 4 is 0 Å². The summed E-state index contributed by atoms with van der Waals surface area (Å²) in [4.78, 5) is 11.0. The second kappa shape index (κ2) is 9.43. The lowest BCUT2D eigenvalue weighted by Crippen LogP contribution is -2.36. The van der Waals surface area contributed by atoms with Crippen LogP contribution in [0.2, 0.25) is 0 Å². The van der Waals surface area contributed by atoms with E-state index in [1.807, 2.05) is 48.5 Å². The average molecular weight is 380 g/mol. The van der Waals surface area contributed by atoms with Gasteiger partial charge in [-0.15, -0.1) is 0 Å². The molecule has 1 saturated heterocycles. The largest absolute Gasteiger partial charge is 0.485 e. The minimum absolute atomic E-state index is 0.274. The number of nitrogens with zero attached hydrogens (tertiary/aromatic N) is 4. The second-order valence-corrected chi connectivity index (χ2v) is 6.81. The maximum Gasteiger partial charge on any atom is 0.240 e. The fourth-order valence-corrected chi connectivity index (χ4v) is 3.19. The van der Waals surface area contributed by atoms with Crippen LogP contribution >= 0.6 is 0 Å². The molecule has 0 aliphatic carbocycles. The van der Waals surface area contributed by atoms with Gasteiger partial charge in [0.05, 0.1) is 24.9 Å². The van der Waals surface area contributed by atoms with Gasteiger partial charge in [0.15, 0.2) is 6.61 Å². The van der Waals surface area contributed by atoms with Gasteiger partial charge in [-0.3, -0.25) is 9.88 Å². The normalized spacial score (nSPS) is 15.6. The molecule has 0 amide bonds. The zero-order valence-corrected chi connectivity index (χ0v) is 15.7. The molecule has 1 fully saturated rings. The third kappa shape index (κ3) is 5.37. The number of aromatic nitrogens is 3. The van der Waals surface area contributed by atoms with Crippen LogP contribution in [0, 0.1) is 0 Å². The SMILES string of the molecule is c1ccc(OCc2noc(CN3CCC(OCc4ccccn4)CC3)n2)cc1. The molecule has 7 nitrogen and oxygen atoms in total. The number of rotatable bonds is 8. The highest BCUT2D eigenvalue weighted by Crippen LogP contribution is 2.17. The Balaban J connectivity index is 1.18. The summed E-state index contributed by atoms with van der Waals surface area (Å²) in [6.45, 7) is 3.43. The van der Waals surface area contributed by atoms with Crippen molar-refractivity contribution < 1.29 is 14.0 Å². The quantitative estimate of drug-likeness (QED) is 0.594. The number of piperidine rings is 1. The summed E-state index contributed by atoms with van der Waals surface area (Å²) in [6.07, 6.45) is 4.05. The van der Waals surface area contributed by atoms with Crippen molar-refractivity contribution in [1.29, 1.82) is 0 Å². The van der Waals surface area contributed by atoms with E-state index in [0.717, 1.165) is 37.4 Å². The molecule has 0 atom stereocenters. The fraction of sp³-hybridized carbons (Fsp3) is 0.381. The summed E-state index contributed by atoms with van der Waals surface area (Å²) in [7, 11) is 0. The molecular weight excluding hydrogens is 356 g/mol. The topological polar surface area (TPSA) is 73.5 Å². The summed E-state index contributed by atoms with van der Waals surface area (Å²) in [5.74, 6) is 1.98. The van der Waals surface area contributed by atoms with E-state index in [1.54, 1.807) is 6.20 Å². The minimum Gasteiger partial charge on any atom is -0.485 e. The molecule has 1 aliphatic rings. The number of hydrogen-bond acceptors (Lipinski definition) is 7. The Labute approximate surface area is 164 Å². The molecule has 7 heteroatoms. The smallest absolute Gasteiger partial charge is 0.240 e. The molecule has 3 heterocycles. The summed E-state index contributed by atoms with van der Waals surface area (Å²) in [5.41, 5.74) is 0.973. The first-order chi connectivity index (χ1) is 13.8. The van der Waals surface area contributed by atoms with Crippen molar-refractivity contribution in [3.05, 3.63) is 72.1 Å². The molecular formula is C21H24N4O3. The lowest BCUT2D eigenvalue weighted by atomic mass is 10.1. The maximum atomic E-state index is 5.99. The van der Waals surface area contributed by atoms with Crippen molar-refractivity contribution in [2.75, 3.05) is 13.1 Å². The van der Waals surface area contributed by atoms with Crippen molar-refractivity contribution in [1.82, 2.24) is 20.0 Å². The average Bonchev–Trinajstić information content (AvgIpc) is 3.21. The van der Waals surface area contributed by atoms with E-state index in [9.17, 15) is 0 Å². The van der Waals surface area contributed by atoms with E-state index < -0.39 is 0 Å². The Morgan fingerprint density at radius 1 is 1.00 bits per heavy atom. The van der Waals surface area contributed by atoms with E-state index in [-0.39, 0.29) is 6.10 Å². The van der Waals surface area contributed by atoms with Gasteiger partial charge in [-0.2, -0.15) is 4.98 Å². The predicted octanol–water partition coefficient (Wildman–Crippen LogP) is 3.22. The Kier molecular flexibility index (Phi) is 6.26. The minimum atomic E-state index is 0.274. The lowest BCUT2D eigenvalue weighted by Gasteiger charge is -2.30. The molecule has 0 radical (unpaired) electrons. The Bertz CT molecular complexity index is 833. The molecule has 1 aliphatic heterocycles. The molecule has 2 aromatic heterocycles. The first kappa shape index (κ1) is 18.6. The summed E-state index contributed by atoms with van der Waals surface area (Å²) in [6, 6.07) is 15.5. The molecule has 3 aromatic rings.